The molecule has 0 saturated heterocycles. The van der Waals surface area contributed by atoms with Crippen LogP contribution < -0.4 is 4.74 Å². The van der Waals surface area contributed by atoms with E-state index in [0.29, 0.717) is 12.0 Å². The zero-order valence-corrected chi connectivity index (χ0v) is 11.1. The van der Waals surface area contributed by atoms with Crippen LogP contribution in [0, 0.1) is 0 Å². The quantitative estimate of drug-likeness (QED) is 0.637. The fourth-order valence-corrected chi connectivity index (χ4v) is 1.57. The number of methoxy groups -OCH3 is 1. The van der Waals surface area contributed by atoms with Gasteiger partial charge in [-0.2, -0.15) is 0 Å². The van der Waals surface area contributed by atoms with Gasteiger partial charge >= 0.3 is 7.83 Å². The largest absolute Gasteiger partial charge is 0.521 e. The Morgan fingerprint density at radius 1 is 1.25 bits per heavy atom. The average Bonchev–Trinajstić information content (AvgIpc) is 2.49. The number of Topliss-reactive ketones (excluding diaryl/α,β-unsaturated/α-hetero) is 1. The molecule has 0 amide bonds. The van der Waals surface area contributed by atoms with Gasteiger partial charge in [0, 0.05) is 17.8 Å². The van der Waals surface area contributed by atoms with Crippen LogP contribution in [0.3, 0.4) is 0 Å². The first-order chi connectivity index (χ1) is 9.71. The van der Waals surface area contributed by atoms with Crippen molar-refractivity contribution in [3.05, 3.63) is 59.9 Å². The minimum atomic E-state index is -1.75. The molecule has 0 saturated carbocycles. The zero-order valence-electron chi connectivity index (χ0n) is 11.1. The van der Waals surface area contributed by atoms with E-state index < -0.39 is 7.83 Å². The zero-order chi connectivity index (χ0) is 14.8. The van der Waals surface area contributed by atoms with Gasteiger partial charge < -0.3 is 4.74 Å². The first kappa shape index (κ1) is 15.8. The summed E-state index contributed by atoms with van der Waals surface area (Å²) in [6, 6.07) is 12.8. The third-order valence-electron chi connectivity index (χ3n) is 2.46. The van der Waals surface area contributed by atoms with Crippen molar-refractivity contribution < 1.29 is 18.2 Å². The summed E-state index contributed by atoms with van der Waals surface area (Å²) in [6.45, 7) is 0. The van der Waals surface area contributed by atoms with E-state index >= 15 is 0 Å². The number of hydrogen-bond acceptors (Lipinski definition) is 3. The third kappa shape index (κ3) is 5.18. The molecule has 3 nitrogen and oxygen atoms in total. The number of rotatable bonds is 4. The molecule has 2 rings (SSSR count). The number of nitrogens with zero attached hydrogens (tertiary/aromatic N) is 1. The Morgan fingerprint density at radius 2 is 1.90 bits per heavy atom. The molecular weight excluding hydrogens is 263 g/mol. The highest BCUT2D eigenvalue weighted by Crippen LogP contribution is 2.12. The molecule has 0 aliphatic rings. The van der Waals surface area contributed by atoms with Crippen LogP contribution in [0.5, 0.6) is 5.75 Å². The van der Waals surface area contributed by atoms with Gasteiger partial charge in [-0.25, -0.2) is 0 Å². The Kier molecular flexibility index (Phi) is 6.96. The Balaban J connectivity index is 0.000000612. The maximum Gasteiger partial charge on any atom is 0.521 e. The van der Waals surface area contributed by atoms with Gasteiger partial charge in [0.2, 0.25) is 0 Å². The van der Waals surface area contributed by atoms with Crippen molar-refractivity contribution in [1.82, 2.24) is 4.98 Å². The summed E-state index contributed by atoms with van der Waals surface area (Å²) < 4.78 is 24.3. The summed E-state index contributed by atoms with van der Waals surface area (Å²) in [4.78, 5) is 16.1. The summed E-state index contributed by atoms with van der Waals surface area (Å²) in [6.07, 6.45) is 1.94. The van der Waals surface area contributed by atoms with Crippen LogP contribution in [0.2, 0.25) is 0 Å². The second-order valence-electron chi connectivity index (χ2n) is 3.75. The molecule has 0 atom stereocenters. The van der Waals surface area contributed by atoms with E-state index in [1.807, 2.05) is 30.3 Å². The van der Waals surface area contributed by atoms with Crippen LogP contribution in [-0.4, -0.2) is 25.7 Å². The summed E-state index contributed by atoms with van der Waals surface area (Å²) in [5.41, 5.74) is 1.43. The molecule has 104 valence electrons. The van der Waals surface area contributed by atoms with Crippen molar-refractivity contribution in [3.8, 4) is 5.75 Å². The van der Waals surface area contributed by atoms with E-state index in [1.165, 1.54) is 0 Å². The van der Waals surface area contributed by atoms with Crippen molar-refractivity contribution in [2.45, 2.75) is 6.42 Å². The summed E-state index contributed by atoms with van der Waals surface area (Å²) >= 11 is 0. The number of pyridine rings is 1. The molecule has 1 aromatic heterocycles. The lowest BCUT2D eigenvalue weighted by Gasteiger charge is -2.03. The predicted octanol–water partition coefficient (Wildman–Crippen LogP) is 2.71. The molecule has 2 aromatic rings. The second kappa shape index (κ2) is 8.80. The SMILES string of the molecule is COc1ccnc(CC(=O)c2ccccc2)c1.FBF. The molecule has 0 bridgehead atoms. The average molecular weight is 277 g/mol. The van der Waals surface area contributed by atoms with E-state index in [-0.39, 0.29) is 5.78 Å². The van der Waals surface area contributed by atoms with Gasteiger partial charge in [-0.3, -0.25) is 18.4 Å². The van der Waals surface area contributed by atoms with E-state index in [9.17, 15) is 13.4 Å². The number of hydrogen-bond donors (Lipinski definition) is 0. The number of aromatic nitrogens is 1. The van der Waals surface area contributed by atoms with Gasteiger partial charge in [0.1, 0.15) is 5.75 Å². The molecule has 0 aliphatic heterocycles. The first-order valence-electron chi connectivity index (χ1n) is 5.90. The lowest BCUT2D eigenvalue weighted by molar-refractivity contribution is 0.0992. The lowest BCUT2D eigenvalue weighted by atomic mass is 10.1. The molecule has 0 radical (unpaired) electrons. The highest BCUT2D eigenvalue weighted by Gasteiger charge is 2.07. The second-order valence-corrected chi connectivity index (χ2v) is 3.75. The van der Waals surface area contributed by atoms with Crippen molar-refractivity contribution in [1.29, 1.82) is 0 Å². The van der Waals surface area contributed by atoms with E-state index in [1.54, 1.807) is 25.4 Å². The van der Waals surface area contributed by atoms with Crippen LogP contribution in [0.15, 0.2) is 48.7 Å². The van der Waals surface area contributed by atoms with Gasteiger partial charge in [0.15, 0.2) is 5.78 Å². The molecule has 1 aromatic carbocycles. The van der Waals surface area contributed by atoms with E-state index in [2.05, 4.69) is 4.98 Å². The smallest absolute Gasteiger partial charge is 0.497 e. The van der Waals surface area contributed by atoms with Crippen molar-refractivity contribution in [3.63, 3.8) is 0 Å². The Hall–Kier alpha value is -2.24. The third-order valence-corrected chi connectivity index (χ3v) is 2.46. The maximum atomic E-state index is 11.9. The van der Waals surface area contributed by atoms with Gasteiger partial charge in [-0.05, 0) is 6.07 Å². The lowest BCUT2D eigenvalue weighted by Crippen LogP contribution is -2.04. The van der Waals surface area contributed by atoms with Crippen LogP contribution in [0.1, 0.15) is 16.1 Å². The van der Waals surface area contributed by atoms with E-state index in [4.69, 9.17) is 4.74 Å². The minimum absolute atomic E-state index is 0.0614. The maximum absolute atomic E-state index is 11.9. The molecule has 0 unspecified atom stereocenters. The molecule has 0 N–H and O–H groups in total. The topological polar surface area (TPSA) is 39.2 Å². The molecule has 20 heavy (non-hydrogen) atoms. The van der Waals surface area contributed by atoms with Crippen molar-refractivity contribution in [2.24, 2.45) is 0 Å². The predicted molar refractivity (Wildman–Crippen MR) is 74.6 cm³/mol. The van der Waals surface area contributed by atoms with Crippen LogP contribution >= 0.6 is 0 Å². The molecule has 6 heteroatoms. The molecule has 1 heterocycles. The molecule has 0 fully saturated rings. The summed E-state index contributed by atoms with van der Waals surface area (Å²) in [5, 5.41) is 0. The number of halogens is 2. The van der Waals surface area contributed by atoms with Crippen LogP contribution in [0.25, 0.3) is 0 Å². The van der Waals surface area contributed by atoms with Gasteiger partial charge in [0.05, 0.1) is 19.2 Å². The van der Waals surface area contributed by atoms with Crippen LogP contribution in [0.4, 0.5) is 8.63 Å². The van der Waals surface area contributed by atoms with Crippen molar-refractivity contribution >= 4 is 13.6 Å². The van der Waals surface area contributed by atoms with Gasteiger partial charge in [0.25, 0.3) is 0 Å². The van der Waals surface area contributed by atoms with E-state index in [0.717, 1.165) is 11.4 Å². The summed E-state index contributed by atoms with van der Waals surface area (Å²) in [5.74, 6) is 0.780. The van der Waals surface area contributed by atoms with Crippen LogP contribution in [-0.2, 0) is 6.42 Å². The highest BCUT2D eigenvalue weighted by atomic mass is 19.2. The number of carbonyl (C=O) groups is 1. The molecule has 0 spiro atoms. The minimum Gasteiger partial charge on any atom is -0.497 e. The summed E-state index contributed by atoms with van der Waals surface area (Å²) in [7, 11) is -0.155. The number of benzene rings is 1. The standard InChI is InChI=1S/C14H13NO2.BF2H/c1-17-13-7-8-15-12(9-13)10-14(16)11-5-3-2-4-6-11;2-1-3/h2-9H,10H2,1H3;1H. The first-order valence-corrected chi connectivity index (χ1v) is 5.90. The number of ketones is 1. The molecular formula is C14H14BF2NO2. The fraction of sp³-hybridized carbons (Fsp3) is 0.143. The van der Waals surface area contributed by atoms with Crippen molar-refractivity contribution in [2.75, 3.05) is 7.11 Å². The molecule has 0 aliphatic carbocycles. The number of ether oxygens (including phenoxy) is 1. The van der Waals surface area contributed by atoms with Gasteiger partial charge in [-0.15, -0.1) is 0 Å². The fourth-order valence-electron chi connectivity index (χ4n) is 1.57. The monoisotopic (exact) mass is 277 g/mol. The number of carbonyl (C=O) groups excluding carboxylic acids is 1. The Bertz CT molecular complexity index is 538. The Labute approximate surface area is 117 Å². The normalized spacial score (nSPS) is 9.15. The Morgan fingerprint density at radius 3 is 2.50 bits per heavy atom. The highest BCUT2D eigenvalue weighted by molar-refractivity contribution is 6.15. The van der Waals surface area contributed by atoms with Gasteiger partial charge in [-0.1, -0.05) is 30.3 Å².